The number of aliphatic hydroxyl groups excluding tert-OH is 2. The lowest BCUT2D eigenvalue weighted by molar-refractivity contribution is 0.0529. The Labute approximate surface area is 179 Å². The van der Waals surface area contributed by atoms with Gasteiger partial charge in [0.2, 0.25) is 0 Å². The number of carbonyl (C=O) groups excluding carboxylic acids is 1. The van der Waals surface area contributed by atoms with Crippen LogP contribution in [0.5, 0.6) is 5.75 Å². The van der Waals surface area contributed by atoms with Crippen molar-refractivity contribution in [2.45, 2.75) is 37.2 Å². The highest BCUT2D eigenvalue weighted by Gasteiger charge is 2.45. The van der Waals surface area contributed by atoms with E-state index < -0.39 is 6.10 Å². The van der Waals surface area contributed by atoms with E-state index in [0.717, 1.165) is 46.5 Å². The number of aliphatic hydroxyl groups is 2. The van der Waals surface area contributed by atoms with Gasteiger partial charge in [-0.1, -0.05) is 6.07 Å². The first kappa shape index (κ1) is 20.0. The number of hydrogen-bond acceptors (Lipinski definition) is 6. The number of aromatic amines is 1. The molecule has 1 aliphatic heterocycles. The van der Waals surface area contributed by atoms with E-state index in [1.165, 1.54) is 0 Å². The van der Waals surface area contributed by atoms with Gasteiger partial charge in [0.05, 0.1) is 18.4 Å². The molecule has 3 N–H and O–H groups in total. The lowest BCUT2D eigenvalue weighted by Gasteiger charge is -2.42. The molecule has 0 amide bonds. The molecule has 3 aliphatic rings. The van der Waals surface area contributed by atoms with Crippen LogP contribution < -0.4 is 4.74 Å². The Kier molecular flexibility index (Phi) is 4.94. The number of nitrogens with one attached hydrogen (secondary N) is 1. The van der Waals surface area contributed by atoms with Gasteiger partial charge in [0.25, 0.3) is 0 Å². The second-order valence-electron chi connectivity index (χ2n) is 8.49. The predicted octanol–water partition coefficient (Wildman–Crippen LogP) is 2.24. The summed E-state index contributed by atoms with van der Waals surface area (Å²) in [5.41, 5.74) is 5.98. The number of nitrogens with zero attached hydrogens (tertiary/aromatic N) is 1. The van der Waals surface area contributed by atoms with E-state index in [0.29, 0.717) is 31.0 Å². The number of carbonyl (C=O) groups is 1. The number of Topliss-reactive ketones (excluding diaryl/α,β-unsaturated/α-hetero) is 1. The third-order valence-corrected chi connectivity index (χ3v) is 6.67. The molecule has 2 aliphatic carbocycles. The maximum absolute atomic E-state index is 12.9. The quantitative estimate of drug-likeness (QED) is 0.699. The highest BCUT2D eigenvalue weighted by molar-refractivity contribution is 6.06. The second kappa shape index (κ2) is 7.65. The number of aromatic nitrogens is 1. The number of hydrogen-bond donors (Lipinski definition) is 3. The van der Waals surface area contributed by atoms with Crippen LogP contribution in [-0.4, -0.2) is 53.5 Å². The molecule has 1 spiro atoms. The van der Waals surface area contributed by atoms with Gasteiger partial charge in [0.1, 0.15) is 18.5 Å². The molecule has 160 valence electrons. The van der Waals surface area contributed by atoms with Crippen LogP contribution in [0.25, 0.3) is 6.08 Å². The SMILES string of the molecule is N#CC1=Cc2[nH]c3c(c2C(=O)C1)Cc1ccc(OC[C@H](O)CO)cc1C31CCOCC1. The van der Waals surface area contributed by atoms with E-state index in [1.54, 1.807) is 6.08 Å². The number of allylic oxidation sites excluding steroid dienone is 1. The standard InChI is InChI=1S/C24H24N2O5/c25-11-14-7-20-22(21(29)8-14)18-9-15-1-2-17(31-13-16(28)12-27)10-19(15)24(23(18)26-20)3-5-30-6-4-24/h1-2,7,10,16,26-28H,3-6,8-9,12-13H2/t16-/m1/s1. The number of fused-ring (bicyclic) bond motifs is 6. The molecule has 2 aromatic rings. The van der Waals surface area contributed by atoms with Crippen LogP contribution in [0.2, 0.25) is 0 Å². The number of nitriles is 1. The van der Waals surface area contributed by atoms with Crippen molar-refractivity contribution in [3.8, 4) is 11.8 Å². The zero-order valence-corrected chi connectivity index (χ0v) is 17.1. The van der Waals surface area contributed by atoms with Crippen LogP contribution in [0.1, 0.15) is 57.7 Å². The number of H-pyrrole nitrogens is 1. The van der Waals surface area contributed by atoms with Crippen LogP contribution in [0, 0.1) is 11.3 Å². The summed E-state index contributed by atoms with van der Waals surface area (Å²) >= 11 is 0. The van der Waals surface area contributed by atoms with Gasteiger partial charge in [-0.25, -0.2) is 0 Å². The minimum atomic E-state index is -0.929. The average molecular weight is 420 g/mol. The normalized spacial score (nSPS) is 19.6. The van der Waals surface area contributed by atoms with Crippen molar-refractivity contribution in [3.05, 3.63) is 57.4 Å². The smallest absolute Gasteiger partial charge is 0.170 e. The lowest BCUT2D eigenvalue weighted by atomic mass is 9.64. The summed E-state index contributed by atoms with van der Waals surface area (Å²) in [6, 6.07) is 8.04. The Bertz CT molecular complexity index is 1120. The first-order chi connectivity index (χ1) is 15.1. The fraction of sp³-hybridized carbons (Fsp3) is 0.417. The van der Waals surface area contributed by atoms with E-state index in [-0.39, 0.29) is 30.8 Å². The summed E-state index contributed by atoms with van der Waals surface area (Å²) in [6.07, 6.45) is 3.21. The Morgan fingerprint density at radius 2 is 2.10 bits per heavy atom. The van der Waals surface area contributed by atoms with Crippen molar-refractivity contribution >= 4 is 11.9 Å². The number of rotatable bonds is 4. The van der Waals surface area contributed by atoms with Crippen molar-refractivity contribution in [3.63, 3.8) is 0 Å². The highest BCUT2D eigenvalue weighted by atomic mass is 16.5. The molecule has 2 heterocycles. The maximum atomic E-state index is 12.9. The zero-order valence-electron chi connectivity index (χ0n) is 17.1. The molecule has 1 fully saturated rings. The Morgan fingerprint density at radius 1 is 1.29 bits per heavy atom. The fourth-order valence-electron chi connectivity index (χ4n) is 5.19. The Morgan fingerprint density at radius 3 is 2.84 bits per heavy atom. The molecule has 1 aromatic heterocycles. The molecular formula is C24H24N2O5. The summed E-state index contributed by atoms with van der Waals surface area (Å²) in [5, 5.41) is 28.0. The molecule has 7 heteroatoms. The van der Waals surface area contributed by atoms with Crippen LogP contribution in [0.15, 0.2) is 23.8 Å². The molecule has 31 heavy (non-hydrogen) atoms. The fourth-order valence-corrected chi connectivity index (χ4v) is 5.19. The van der Waals surface area contributed by atoms with Gasteiger partial charge in [-0.3, -0.25) is 4.79 Å². The van der Waals surface area contributed by atoms with Crippen LogP contribution in [0.4, 0.5) is 0 Å². The topological polar surface area (TPSA) is 116 Å². The predicted molar refractivity (Wildman–Crippen MR) is 112 cm³/mol. The number of ketones is 1. The molecule has 5 rings (SSSR count). The van der Waals surface area contributed by atoms with Gasteiger partial charge in [-0.2, -0.15) is 5.26 Å². The number of benzene rings is 1. The summed E-state index contributed by atoms with van der Waals surface area (Å²) < 4.78 is 11.4. The summed E-state index contributed by atoms with van der Waals surface area (Å²) in [5.74, 6) is 0.634. The van der Waals surface area contributed by atoms with Gasteiger partial charge >= 0.3 is 0 Å². The van der Waals surface area contributed by atoms with Crippen molar-refractivity contribution in [2.75, 3.05) is 26.4 Å². The molecule has 1 atom stereocenters. The third kappa shape index (κ3) is 3.19. The molecular weight excluding hydrogens is 396 g/mol. The van der Waals surface area contributed by atoms with E-state index in [9.17, 15) is 15.2 Å². The number of ether oxygens (including phenoxy) is 2. The molecule has 0 unspecified atom stereocenters. The molecule has 0 saturated carbocycles. The molecule has 0 bridgehead atoms. The van der Waals surface area contributed by atoms with Crippen molar-refractivity contribution in [1.82, 2.24) is 4.98 Å². The monoisotopic (exact) mass is 420 g/mol. The van der Waals surface area contributed by atoms with Gasteiger partial charge < -0.3 is 24.7 Å². The Balaban J connectivity index is 1.63. The average Bonchev–Trinajstić information content (AvgIpc) is 3.18. The van der Waals surface area contributed by atoms with Crippen molar-refractivity contribution < 1.29 is 24.5 Å². The van der Waals surface area contributed by atoms with E-state index in [1.807, 2.05) is 18.2 Å². The van der Waals surface area contributed by atoms with Gasteiger partial charge in [-0.15, -0.1) is 0 Å². The Hall–Kier alpha value is -2.92. The zero-order chi connectivity index (χ0) is 21.6. The van der Waals surface area contributed by atoms with Crippen molar-refractivity contribution in [1.29, 1.82) is 5.26 Å². The maximum Gasteiger partial charge on any atom is 0.170 e. The van der Waals surface area contributed by atoms with E-state index in [4.69, 9.17) is 14.6 Å². The van der Waals surface area contributed by atoms with Crippen molar-refractivity contribution in [2.24, 2.45) is 0 Å². The summed E-state index contributed by atoms with van der Waals surface area (Å²) in [6.45, 7) is 0.897. The van der Waals surface area contributed by atoms with Gasteiger partial charge in [0.15, 0.2) is 5.78 Å². The molecule has 7 nitrogen and oxygen atoms in total. The molecule has 1 aromatic carbocycles. The highest BCUT2D eigenvalue weighted by Crippen LogP contribution is 2.50. The molecule has 1 saturated heterocycles. The van der Waals surface area contributed by atoms with E-state index >= 15 is 0 Å². The first-order valence-corrected chi connectivity index (χ1v) is 10.6. The minimum Gasteiger partial charge on any atom is -0.491 e. The lowest BCUT2D eigenvalue weighted by Crippen LogP contribution is -2.39. The first-order valence-electron chi connectivity index (χ1n) is 10.6. The van der Waals surface area contributed by atoms with Crippen LogP contribution in [-0.2, 0) is 16.6 Å². The van der Waals surface area contributed by atoms with Gasteiger partial charge in [0, 0.05) is 48.3 Å². The van der Waals surface area contributed by atoms with E-state index in [2.05, 4.69) is 11.1 Å². The minimum absolute atomic E-state index is 0.00449. The molecule has 0 radical (unpaired) electrons. The third-order valence-electron chi connectivity index (χ3n) is 6.67. The van der Waals surface area contributed by atoms with Crippen LogP contribution in [0.3, 0.4) is 0 Å². The summed E-state index contributed by atoms with van der Waals surface area (Å²) in [4.78, 5) is 16.4. The second-order valence-corrected chi connectivity index (χ2v) is 8.49. The van der Waals surface area contributed by atoms with Gasteiger partial charge in [-0.05, 0) is 47.7 Å². The summed E-state index contributed by atoms with van der Waals surface area (Å²) in [7, 11) is 0. The van der Waals surface area contributed by atoms with Crippen LogP contribution >= 0.6 is 0 Å². The largest absolute Gasteiger partial charge is 0.491 e.